The molecule has 1 atom stereocenters. The summed E-state index contributed by atoms with van der Waals surface area (Å²) in [4.78, 5) is 0. The summed E-state index contributed by atoms with van der Waals surface area (Å²) in [7, 11) is 0. The molecule has 2 aromatic rings. The molecule has 0 aromatic carbocycles. The van der Waals surface area contributed by atoms with E-state index in [0.29, 0.717) is 5.92 Å². The quantitative estimate of drug-likeness (QED) is 0.840. The Hall–Kier alpha value is -1.22. The normalized spacial score (nSPS) is 19.3. The second kappa shape index (κ2) is 5.20. The number of fused-ring (bicyclic) bond motifs is 1. The summed E-state index contributed by atoms with van der Waals surface area (Å²) in [6.07, 6.45) is 9.99. The van der Waals surface area contributed by atoms with Crippen molar-refractivity contribution in [2.75, 3.05) is 0 Å². The number of aromatic amines is 1. The number of rotatable bonds is 2. The fraction of sp³-hybridized carbons (Fsp3) is 0.667. The zero-order chi connectivity index (χ0) is 15.2. The van der Waals surface area contributed by atoms with Gasteiger partial charge in [0.15, 0.2) is 0 Å². The molecule has 0 saturated heterocycles. The molecule has 3 nitrogen and oxygen atoms in total. The molecule has 2 aromatic heterocycles. The lowest BCUT2D eigenvalue weighted by molar-refractivity contribution is 0.0839. The Morgan fingerprint density at radius 3 is 2.43 bits per heavy atom. The van der Waals surface area contributed by atoms with E-state index < -0.39 is 0 Å². The Labute approximate surface area is 127 Å². The molecule has 2 heterocycles. The van der Waals surface area contributed by atoms with Gasteiger partial charge in [0.1, 0.15) is 0 Å². The minimum Gasteiger partial charge on any atom is -0.388 e. The van der Waals surface area contributed by atoms with Gasteiger partial charge in [-0.1, -0.05) is 40.0 Å². The lowest BCUT2D eigenvalue weighted by Gasteiger charge is -2.34. The third-order valence-corrected chi connectivity index (χ3v) is 5.00. The topological polar surface area (TPSA) is 40.4 Å². The maximum absolute atomic E-state index is 11.1. The van der Waals surface area contributed by atoms with Crippen molar-refractivity contribution < 1.29 is 5.11 Å². The molecule has 21 heavy (non-hydrogen) atoms. The molecule has 3 heteroatoms. The number of hydrogen-bond acceptors (Lipinski definition) is 1. The minimum atomic E-state index is -0.334. The lowest BCUT2D eigenvalue weighted by atomic mass is 9.75. The highest BCUT2D eigenvalue weighted by Gasteiger charge is 2.31. The molecule has 0 bridgehead atoms. The maximum atomic E-state index is 11.1. The Balaban J connectivity index is 2.11. The van der Waals surface area contributed by atoms with Crippen LogP contribution in [0, 0.1) is 12.8 Å². The van der Waals surface area contributed by atoms with E-state index in [1.807, 2.05) is 10.7 Å². The van der Waals surface area contributed by atoms with Crippen molar-refractivity contribution in [2.45, 2.75) is 71.3 Å². The highest BCUT2D eigenvalue weighted by molar-refractivity contribution is 5.62. The van der Waals surface area contributed by atoms with E-state index in [4.69, 9.17) is 0 Å². The highest BCUT2D eigenvalue weighted by atomic mass is 16.3. The molecule has 3 rings (SSSR count). The van der Waals surface area contributed by atoms with Crippen LogP contribution in [0.25, 0.3) is 5.52 Å². The average molecular weight is 288 g/mol. The fourth-order valence-electron chi connectivity index (χ4n) is 4.10. The first-order valence-electron chi connectivity index (χ1n) is 8.27. The molecule has 0 amide bonds. The smallest absolute Gasteiger partial charge is 0.0860 e. The van der Waals surface area contributed by atoms with Crippen LogP contribution >= 0.6 is 0 Å². The largest absolute Gasteiger partial charge is 0.388 e. The van der Waals surface area contributed by atoms with Gasteiger partial charge < -0.3 is 5.11 Å². The Bertz CT molecular complexity index is 623. The van der Waals surface area contributed by atoms with E-state index in [0.717, 1.165) is 23.9 Å². The molecule has 1 aliphatic rings. The molecule has 0 spiro atoms. The van der Waals surface area contributed by atoms with Crippen molar-refractivity contribution in [3.05, 3.63) is 29.1 Å². The van der Waals surface area contributed by atoms with Crippen molar-refractivity contribution in [1.82, 2.24) is 9.61 Å². The number of nitrogens with one attached hydrogen (secondary N) is 1. The second-order valence-corrected chi connectivity index (χ2v) is 7.72. The Morgan fingerprint density at radius 2 is 1.90 bits per heavy atom. The number of aliphatic hydroxyl groups is 1. The van der Waals surface area contributed by atoms with Crippen LogP contribution in [0.1, 0.15) is 75.7 Å². The van der Waals surface area contributed by atoms with E-state index in [2.05, 4.69) is 39.0 Å². The van der Waals surface area contributed by atoms with Gasteiger partial charge in [-0.2, -0.15) is 0 Å². The van der Waals surface area contributed by atoms with Gasteiger partial charge in [-0.05, 0) is 42.2 Å². The number of H-pyrrole nitrogens is 1. The number of nitrogens with zero attached hydrogens (tertiary/aromatic N) is 1. The van der Waals surface area contributed by atoms with Crippen molar-refractivity contribution in [3.63, 3.8) is 0 Å². The summed E-state index contributed by atoms with van der Waals surface area (Å²) in [5, 5.41) is 14.3. The van der Waals surface area contributed by atoms with Gasteiger partial charge in [0.25, 0.3) is 0 Å². The monoisotopic (exact) mass is 288 g/mol. The molecule has 116 valence electrons. The van der Waals surface area contributed by atoms with Gasteiger partial charge in [-0.25, -0.2) is 0 Å². The molecule has 1 aliphatic carbocycles. The van der Waals surface area contributed by atoms with E-state index in [1.165, 1.54) is 30.4 Å². The Morgan fingerprint density at radius 1 is 1.24 bits per heavy atom. The molecule has 1 unspecified atom stereocenters. The summed E-state index contributed by atoms with van der Waals surface area (Å²) in [6, 6.07) is 0. The van der Waals surface area contributed by atoms with E-state index >= 15 is 0 Å². The number of aromatic nitrogens is 2. The zero-order valence-corrected chi connectivity index (χ0v) is 13.7. The average Bonchev–Trinajstić information content (AvgIpc) is 2.40. The summed E-state index contributed by atoms with van der Waals surface area (Å²) in [5.41, 5.74) is 4.95. The maximum Gasteiger partial charge on any atom is 0.0860 e. The lowest BCUT2D eigenvalue weighted by Crippen LogP contribution is -2.25. The molecule has 1 saturated carbocycles. The number of aliphatic hydroxyl groups excluding tert-OH is 1. The van der Waals surface area contributed by atoms with Gasteiger partial charge in [0, 0.05) is 18.0 Å². The first-order valence-corrected chi connectivity index (χ1v) is 8.27. The van der Waals surface area contributed by atoms with Crippen LogP contribution in [-0.2, 0) is 5.41 Å². The van der Waals surface area contributed by atoms with Crippen molar-refractivity contribution in [1.29, 1.82) is 0 Å². The van der Waals surface area contributed by atoms with Crippen LogP contribution in [0.4, 0.5) is 0 Å². The van der Waals surface area contributed by atoms with E-state index in [-0.39, 0.29) is 11.5 Å². The second-order valence-electron chi connectivity index (χ2n) is 7.72. The van der Waals surface area contributed by atoms with Crippen LogP contribution in [0.2, 0.25) is 0 Å². The Kier molecular flexibility index (Phi) is 3.64. The molecule has 1 fully saturated rings. The third-order valence-electron chi connectivity index (χ3n) is 5.00. The van der Waals surface area contributed by atoms with Crippen molar-refractivity contribution >= 4 is 5.52 Å². The first kappa shape index (κ1) is 14.7. The predicted octanol–water partition coefficient (Wildman–Crippen LogP) is 4.49. The van der Waals surface area contributed by atoms with Crippen LogP contribution in [0.3, 0.4) is 0 Å². The minimum absolute atomic E-state index is 0.0497. The SMILES string of the molecule is Cc1cn2[nH]cc2c(C(O)C2CCCCC2)c1C(C)(C)C. The standard InChI is InChI=1S/C18H28N2O/c1-12-11-20-14(10-19-20)15(16(12)18(2,3)4)17(21)13-8-6-5-7-9-13/h10-11,13,17,19,21H,5-9H2,1-4H3. The molecule has 0 aliphatic heterocycles. The van der Waals surface area contributed by atoms with Gasteiger partial charge in [-0.3, -0.25) is 9.61 Å². The number of hydrogen-bond donors (Lipinski definition) is 2. The van der Waals surface area contributed by atoms with E-state index in [1.54, 1.807) is 0 Å². The third kappa shape index (κ3) is 2.52. The molecule has 0 radical (unpaired) electrons. The molecular weight excluding hydrogens is 260 g/mol. The fourth-order valence-corrected chi connectivity index (χ4v) is 4.10. The van der Waals surface area contributed by atoms with E-state index in [9.17, 15) is 5.11 Å². The molecule has 2 N–H and O–H groups in total. The summed E-state index contributed by atoms with van der Waals surface area (Å²) < 4.78 is 2.05. The van der Waals surface area contributed by atoms with Gasteiger partial charge in [-0.15, -0.1) is 0 Å². The van der Waals surface area contributed by atoms with Crippen molar-refractivity contribution in [2.24, 2.45) is 5.92 Å². The number of aryl methyl sites for hydroxylation is 1. The van der Waals surface area contributed by atoms with Crippen LogP contribution in [0.5, 0.6) is 0 Å². The molecular formula is C18H28N2O. The zero-order valence-electron chi connectivity index (χ0n) is 13.7. The number of pyridine rings is 1. The van der Waals surface area contributed by atoms with Crippen molar-refractivity contribution in [3.8, 4) is 0 Å². The summed E-state index contributed by atoms with van der Waals surface area (Å²) in [5.74, 6) is 0.417. The first-order chi connectivity index (χ1) is 9.89. The predicted molar refractivity (Wildman–Crippen MR) is 86.7 cm³/mol. The van der Waals surface area contributed by atoms with Gasteiger partial charge in [0.05, 0.1) is 11.6 Å². The summed E-state index contributed by atoms with van der Waals surface area (Å²) >= 11 is 0. The highest BCUT2D eigenvalue weighted by Crippen LogP contribution is 2.41. The van der Waals surface area contributed by atoms with Crippen LogP contribution in [-0.4, -0.2) is 14.7 Å². The van der Waals surface area contributed by atoms with Crippen LogP contribution < -0.4 is 0 Å². The van der Waals surface area contributed by atoms with Crippen LogP contribution in [0.15, 0.2) is 12.4 Å². The van der Waals surface area contributed by atoms with Gasteiger partial charge >= 0.3 is 0 Å². The summed E-state index contributed by atoms with van der Waals surface area (Å²) in [6.45, 7) is 8.89. The van der Waals surface area contributed by atoms with Gasteiger partial charge in [0.2, 0.25) is 0 Å².